The molecule has 0 rings (SSSR count). The lowest BCUT2D eigenvalue weighted by Gasteiger charge is -2.27. The summed E-state index contributed by atoms with van der Waals surface area (Å²) in [5.74, 6) is 0. The Morgan fingerprint density at radius 1 is 0.548 bits per heavy atom. The van der Waals surface area contributed by atoms with E-state index < -0.39 is 11.7 Å². The van der Waals surface area contributed by atoms with Gasteiger partial charge in [-0.05, 0) is 31.8 Å². The van der Waals surface area contributed by atoms with Crippen molar-refractivity contribution in [1.82, 2.24) is 4.90 Å². The van der Waals surface area contributed by atoms with E-state index in [4.69, 9.17) is 53.7 Å². The maximum atomic E-state index is 12.6. The molecule has 0 aromatic heterocycles. The molecule has 0 N–H and O–H groups in total. The van der Waals surface area contributed by atoms with E-state index in [1.807, 2.05) is 20.8 Å². The number of hydrogen-bond donors (Lipinski definition) is 0. The number of ether oxygens (including phenoxy) is 9. The van der Waals surface area contributed by atoms with Gasteiger partial charge >= 0.3 is 6.09 Å². The first-order chi connectivity index (χ1) is 20.4. The SMILES string of the molecule is CC(C)(C)OC(=O)N(CCOCCOCCOCCOCCN=[N+]=[N-])CCOCCOCCOCCOCCN=[N+]=[N-]. The van der Waals surface area contributed by atoms with Gasteiger partial charge in [-0.1, -0.05) is 10.2 Å². The van der Waals surface area contributed by atoms with Gasteiger partial charge in [0.2, 0.25) is 0 Å². The quantitative estimate of drug-likeness (QED) is 0.0505. The maximum absolute atomic E-state index is 12.6. The minimum atomic E-state index is -0.612. The van der Waals surface area contributed by atoms with Crippen LogP contribution in [0.3, 0.4) is 0 Å². The van der Waals surface area contributed by atoms with Crippen LogP contribution in [0.2, 0.25) is 0 Å². The number of hydrogen-bond acceptors (Lipinski definition) is 12. The molecule has 0 radical (unpaired) electrons. The summed E-state index contributed by atoms with van der Waals surface area (Å²) in [6, 6.07) is 0. The van der Waals surface area contributed by atoms with E-state index in [1.165, 1.54) is 0 Å². The summed E-state index contributed by atoms with van der Waals surface area (Å²) in [5, 5.41) is 6.74. The summed E-state index contributed by atoms with van der Waals surface area (Å²) in [5.41, 5.74) is 15.7. The molecule has 0 fully saturated rings. The Morgan fingerprint density at radius 3 is 1.12 bits per heavy atom. The van der Waals surface area contributed by atoms with Gasteiger partial charge < -0.3 is 47.5 Å². The Labute approximate surface area is 248 Å². The number of carbonyl (C=O) groups excluding carboxylic acids is 1. The molecule has 0 aromatic carbocycles. The topological polar surface area (TPSA) is 201 Å². The molecule has 0 aliphatic heterocycles. The van der Waals surface area contributed by atoms with E-state index in [0.717, 1.165) is 0 Å². The van der Waals surface area contributed by atoms with Crippen molar-refractivity contribution in [3.63, 3.8) is 0 Å². The lowest BCUT2D eigenvalue weighted by Crippen LogP contribution is -2.40. The lowest BCUT2D eigenvalue weighted by molar-refractivity contribution is -0.0141. The Kier molecular flexibility index (Phi) is 28.3. The van der Waals surface area contributed by atoms with Crippen molar-refractivity contribution in [2.24, 2.45) is 10.2 Å². The molecule has 0 aromatic rings. The molecule has 17 nitrogen and oxygen atoms in total. The van der Waals surface area contributed by atoms with E-state index >= 15 is 0 Å². The summed E-state index contributed by atoms with van der Waals surface area (Å²) in [6.07, 6.45) is -0.431. The van der Waals surface area contributed by atoms with Crippen LogP contribution in [0, 0.1) is 0 Å². The minimum Gasteiger partial charge on any atom is -0.444 e. The van der Waals surface area contributed by atoms with Gasteiger partial charge in [0.05, 0.1) is 106 Å². The van der Waals surface area contributed by atoms with E-state index in [1.54, 1.807) is 4.90 Å². The molecule has 1 amide bonds. The van der Waals surface area contributed by atoms with Crippen LogP contribution >= 0.6 is 0 Å². The molecule has 0 unspecified atom stereocenters. The number of carbonyl (C=O) groups is 1. The highest BCUT2D eigenvalue weighted by Gasteiger charge is 2.21. The van der Waals surface area contributed by atoms with Crippen LogP contribution in [0.25, 0.3) is 20.9 Å². The van der Waals surface area contributed by atoms with Crippen molar-refractivity contribution >= 4 is 6.09 Å². The Hall–Kier alpha value is -2.43. The van der Waals surface area contributed by atoms with Gasteiger partial charge in [0.25, 0.3) is 0 Å². The van der Waals surface area contributed by atoms with Crippen LogP contribution in [-0.4, -0.2) is 148 Å². The van der Waals surface area contributed by atoms with Gasteiger partial charge in [0.15, 0.2) is 0 Å². The third kappa shape index (κ3) is 30.5. The average molecular weight is 608 g/mol. The fourth-order valence-corrected chi connectivity index (χ4v) is 2.79. The maximum Gasteiger partial charge on any atom is 0.410 e. The fraction of sp³-hybridized carbons (Fsp3) is 0.960. The molecular weight excluding hydrogens is 558 g/mol. The molecule has 0 bridgehead atoms. The van der Waals surface area contributed by atoms with Crippen LogP contribution in [0.1, 0.15) is 20.8 Å². The van der Waals surface area contributed by atoms with Crippen LogP contribution in [0.5, 0.6) is 0 Å². The van der Waals surface area contributed by atoms with Crippen LogP contribution in [0.15, 0.2) is 10.2 Å². The molecule has 0 atom stereocenters. The van der Waals surface area contributed by atoms with Crippen molar-refractivity contribution < 1.29 is 47.4 Å². The van der Waals surface area contributed by atoms with Crippen LogP contribution in [0.4, 0.5) is 4.79 Å². The third-order valence-electron chi connectivity index (χ3n) is 4.69. The number of amides is 1. The van der Waals surface area contributed by atoms with Gasteiger partial charge in [-0.2, -0.15) is 0 Å². The highest BCUT2D eigenvalue weighted by atomic mass is 16.6. The standard InChI is InChI=1S/C25H49N7O10/c1-25(2,3)42-24(33)32(6-10-36-14-18-40-22-20-38-16-12-34-8-4-28-30-26)7-11-37-15-19-41-23-21-39-17-13-35-9-5-29-31-27/h4-23H2,1-3H3. The molecule has 42 heavy (non-hydrogen) atoms. The van der Waals surface area contributed by atoms with Crippen molar-refractivity contribution in [1.29, 1.82) is 0 Å². The van der Waals surface area contributed by atoms with Crippen LogP contribution in [-0.2, 0) is 42.6 Å². The summed E-state index contributed by atoms with van der Waals surface area (Å²) >= 11 is 0. The summed E-state index contributed by atoms with van der Waals surface area (Å²) in [4.78, 5) is 19.4. The van der Waals surface area contributed by atoms with Crippen molar-refractivity contribution in [2.75, 3.05) is 132 Å². The lowest BCUT2D eigenvalue weighted by atomic mass is 10.2. The highest BCUT2D eigenvalue weighted by molar-refractivity contribution is 5.68. The largest absolute Gasteiger partial charge is 0.444 e. The number of azide groups is 2. The zero-order valence-corrected chi connectivity index (χ0v) is 25.4. The van der Waals surface area contributed by atoms with E-state index in [0.29, 0.717) is 132 Å². The second-order valence-corrected chi connectivity index (χ2v) is 9.28. The van der Waals surface area contributed by atoms with Gasteiger partial charge in [-0.15, -0.1) is 0 Å². The first kappa shape index (κ1) is 39.6. The molecule has 0 heterocycles. The third-order valence-corrected chi connectivity index (χ3v) is 4.69. The predicted octanol–water partition coefficient (Wildman–Crippen LogP) is 2.98. The second-order valence-electron chi connectivity index (χ2n) is 9.28. The van der Waals surface area contributed by atoms with Crippen molar-refractivity contribution in [2.45, 2.75) is 26.4 Å². The second kappa shape index (κ2) is 30.0. The summed E-state index contributed by atoms with van der Waals surface area (Å²) in [6.45, 7) is 13.2. The first-order valence-corrected chi connectivity index (χ1v) is 14.0. The van der Waals surface area contributed by atoms with Crippen molar-refractivity contribution in [3.05, 3.63) is 20.9 Å². The predicted molar refractivity (Wildman–Crippen MR) is 152 cm³/mol. The molecule has 0 spiro atoms. The molecule has 0 aliphatic rings. The average Bonchev–Trinajstić information content (AvgIpc) is 2.95. The van der Waals surface area contributed by atoms with Gasteiger partial charge in [0.1, 0.15) is 5.60 Å². The smallest absolute Gasteiger partial charge is 0.410 e. The zero-order valence-electron chi connectivity index (χ0n) is 25.4. The van der Waals surface area contributed by atoms with Crippen molar-refractivity contribution in [3.8, 4) is 0 Å². The number of nitrogens with zero attached hydrogens (tertiary/aromatic N) is 7. The molecule has 0 saturated heterocycles. The Bertz CT molecular complexity index is 687. The first-order valence-electron chi connectivity index (χ1n) is 14.0. The molecule has 0 aliphatic carbocycles. The molecular formula is C25H49N7O10. The summed E-state index contributed by atoms with van der Waals surface area (Å²) < 4.78 is 48.8. The molecule has 17 heteroatoms. The highest BCUT2D eigenvalue weighted by Crippen LogP contribution is 2.10. The van der Waals surface area contributed by atoms with Gasteiger partial charge in [0, 0.05) is 36.0 Å². The van der Waals surface area contributed by atoms with E-state index in [-0.39, 0.29) is 0 Å². The Morgan fingerprint density at radius 2 is 0.833 bits per heavy atom. The summed E-state index contributed by atoms with van der Waals surface area (Å²) in [7, 11) is 0. The van der Waals surface area contributed by atoms with E-state index in [9.17, 15) is 4.79 Å². The monoisotopic (exact) mass is 607 g/mol. The molecule has 0 saturated carbocycles. The Balaban J connectivity index is 3.83. The zero-order chi connectivity index (χ0) is 31.0. The normalized spacial score (nSPS) is 11.1. The van der Waals surface area contributed by atoms with Crippen LogP contribution < -0.4 is 0 Å². The van der Waals surface area contributed by atoms with Gasteiger partial charge in [-0.3, -0.25) is 0 Å². The fourth-order valence-electron chi connectivity index (χ4n) is 2.79. The van der Waals surface area contributed by atoms with Gasteiger partial charge in [-0.25, -0.2) is 4.79 Å². The van der Waals surface area contributed by atoms with E-state index in [2.05, 4.69) is 20.1 Å². The minimum absolute atomic E-state index is 0.304. The number of rotatable bonds is 30. The molecule has 244 valence electrons.